The van der Waals surface area contributed by atoms with Crippen LogP contribution in [0.1, 0.15) is 42.2 Å². The Morgan fingerprint density at radius 2 is 1.87 bits per heavy atom. The van der Waals surface area contributed by atoms with E-state index in [1.54, 1.807) is 15.9 Å². The third kappa shape index (κ3) is 3.38. The molecule has 1 unspecified atom stereocenters. The number of carbonyl (C=O) groups is 1. The summed E-state index contributed by atoms with van der Waals surface area (Å²) in [4.78, 5) is 35.6. The van der Waals surface area contributed by atoms with Crippen LogP contribution < -0.4 is 5.56 Å². The lowest BCUT2D eigenvalue weighted by atomic mass is 10.2. The van der Waals surface area contributed by atoms with Gasteiger partial charge in [0.25, 0.3) is 5.56 Å². The van der Waals surface area contributed by atoms with Crippen molar-refractivity contribution in [2.45, 2.75) is 56.4 Å². The first-order valence-electron chi connectivity index (χ1n) is 10.6. The Hall–Kier alpha value is -2.12. The quantitative estimate of drug-likeness (QED) is 0.448. The fourth-order valence-corrected chi connectivity index (χ4v) is 6.74. The van der Waals surface area contributed by atoms with E-state index in [4.69, 9.17) is 4.98 Å². The highest BCUT2D eigenvalue weighted by molar-refractivity contribution is 8.00. The van der Waals surface area contributed by atoms with Crippen molar-refractivity contribution in [3.05, 3.63) is 50.6 Å². The molecule has 2 aliphatic rings. The second-order valence-corrected chi connectivity index (χ2v) is 10.6. The Labute approximate surface area is 184 Å². The maximum atomic E-state index is 13.7. The second-order valence-electron chi connectivity index (χ2n) is 8.20. The average Bonchev–Trinajstić information content (AvgIpc) is 3.46. The number of nitrogens with zero attached hydrogens (tertiary/aromatic N) is 3. The lowest BCUT2D eigenvalue weighted by Gasteiger charge is -2.21. The maximum Gasteiger partial charge on any atom is 0.267 e. The lowest BCUT2D eigenvalue weighted by Crippen LogP contribution is -2.34. The summed E-state index contributed by atoms with van der Waals surface area (Å²) in [7, 11) is 0. The molecular formula is C23H25N3O2S2. The molecule has 1 aliphatic heterocycles. The molecule has 3 heterocycles. The number of amides is 1. The Balaban J connectivity index is 1.62. The van der Waals surface area contributed by atoms with Gasteiger partial charge in [0.05, 0.1) is 16.3 Å². The van der Waals surface area contributed by atoms with Crippen molar-refractivity contribution in [3.8, 4) is 5.69 Å². The van der Waals surface area contributed by atoms with Gasteiger partial charge in [0.1, 0.15) is 4.83 Å². The summed E-state index contributed by atoms with van der Waals surface area (Å²) < 4.78 is 1.71. The van der Waals surface area contributed by atoms with Crippen LogP contribution in [0.4, 0.5) is 0 Å². The van der Waals surface area contributed by atoms with Gasteiger partial charge in [-0.15, -0.1) is 11.3 Å². The number of hydrogen-bond acceptors (Lipinski definition) is 5. The summed E-state index contributed by atoms with van der Waals surface area (Å²) in [6.45, 7) is 5.62. The van der Waals surface area contributed by atoms with Crippen molar-refractivity contribution in [2.24, 2.45) is 0 Å². The number of hydrogen-bond donors (Lipinski definition) is 0. The van der Waals surface area contributed by atoms with Gasteiger partial charge in [-0.1, -0.05) is 29.5 Å². The molecule has 2 aromatic heterocycles. The highest BCUT2D eigenvalue weighted by atomic mass is 32.2. The fourth-order valence-electron chi connectivity index (χ4n) is 4.43. The molecule has 7 heteroatoms. The Bertz CT molecular complexity index is 1170. The normalized spacial score (nSPS) is 16.9. The number of aromatic nitrogens is 2. The minimum absolute atomic E-state index is 0.00780. The highest BCUT2D eigenvalue weighted by Gasteiger charge is 2.28. The predicted molar refractivity (Wildman–Crippen MR) is 123 cm³/mol. The lowest BCUT2D eigenvalue weighted by molar-refractivity contribution is -0.129. The van der Waals surface area contributed by atoms with Crippen molar-refractivity contribution in [1.29, 1.82) is 0 Å². The number of thiophene rings is 1. The van der Waals surface area contributed by atoms with Crippen LogP contribution in [0.3, 0.4) is 0 Å². The number of carbonyl (C=O) groups excluding carboxylic acids is 1. The zero-order valence-corrected chi connectivity index (χ0v) is 18.9. The first kappa shape index (κ1) is 19.8. The van der Waals surface area contributed by atoms with E-state index in [-0.39, 0.29) is 16.7 Å². The van der Waals surface area contributed by atoms with Gasteiger partial charge in [0.2, 0.25) is 5.91 Å². The summed E-state index contributed by atoms with van der Waals surface area (Å²) in [5, 5.41) is 1.10. The number of thioether (sulfide) groups is 1. The topological polar surface area (TPSA) is 55.2 Å². The summed E-state index contributed by atoms with van der Waals surface area (Å²) in [5.74, 6) is 0.135. The number of benzene rings is 1. The van der Waals surface area contributed by atoms with E-state index in [1.807, 2.05) is 43.0 Å². The van der Waals surface area contributed by atoms with Crippen LogP contribution in [-0.2, 0) is 17.6 Å². The van der Waals surface area contributed by atoms with Gasteiger partial charge in [-0.25, -0.2) is 4.98 Å². The molecule has 30 heavy (non-hydrogen) atoms. The number of aryl methyl sites for hydroxylation is 3. The molecule has 5 rings (SSSR count). The van der Waals surface area contributed by atoms with Crippen molar-refractivity contribution >= 4 is 39.2 Å². The summed E-state index contributed by atoms with van der Waals surface area (Å²) in [6, 6.07) is 7.95. The molecule has 1 fully saturated rings. The van der Waals surface area contributed by atoms with Gasteiger partial charge in [0, 0.05) is 18.0 Å². The van der Waals surface area contributed by atoms with Crippen LogP contribution >= 0.6 is 23.1 Å². The van der Waals surface area contributed by atoms with Crippen LogP contribution in [0.2, 0.25) is 0 Å². The molecule has 5 nitrogen and oxygen atoms in total. The molecule has 1 atom stereocenters. The van der Waals surface area contributed by atoms with Crippen molar-refractivity contribution in [1.82, 2.24) is 14.5 Å². The zero-order chi connectivity index (χ0) is 20.8. The van der Waals surface area contributed by atoms with E-state index in [0.29, 0.717) is 5.16 Å². The standard InChI is InChI=1S/C23H25N3O2S2/c1-14-8-10-16(11-9-14)26-22(28)19-17-6-5-7-18(17)30-20(19)24-23(26)29-15(2)21(27)25-12-3-4-13-25/h8-11,15H,3-7,12-13H2,1-2H3. The van der Waals surface area contributed by atoms with Crippen LogP contribution in [-0.4, -0.2) is 38.7 Å². The van der Waals surface area contributed by atoms with E-state index in [1.165, 1.54) is 22.2 Å². The van der Waals surface area contributed by atoms with Gasteiger partial charge >= 0.3 is 0 Å². The molecule has 0 N–H and O–H groups in total. The number of likely N-dealkylation sites (tertiary alicyclic amines) is 1. The largest absolute Gasteiger partial charge is 0.342 e. The minimum Gasteiger partial charge on any atom is -0.342 e. The van der Waals surface area contributed by atoms with Crippen molar-refractivity contribution in [2.75, 3.05) is 13.1 Å². The summed E-state index contributed by atoms with van der Waals surface area (Å²) in [6.07, 6.45) is 5.24. The van der Waals surface area contributed by atoms with Crippen molar-refractivity contribution in [3.63, 3.8) is 0 Å². The van der Waals surface area contributed by atoms with E-state index in [2.05, 4.69) is 0 Å². The molecular weight excluding hydrogens is 414 g/mol. The van der Waals surface area contributed by atoms with E-state index in [9.17, 15) is 9.59 Å². The fraction of sp³-hybridized carbons (Fsp3) is 0.435. The zero-order valence-electron chi connectivity index (χ0n) is 17.3. The second kappa shape index (κ2) is 7.85. The predicted octanol–water partition coefficient (Wildman–Crippen LogP) is 4.35. The van der Waals surface area contributed by atoms with Crippen LogP contribution in [0, 0.1) is 6.92 Å². The Kier molecular flexibility index (Phi) is 5.19. The van der Waals surface area contributed by atoms with Gasteiger partial charge in [-0.05, 0) is 63.6 Å². The van der Waals surface area contributed by atoms with E-state index in [0.717, 1.165) is 66.7 Å². The number of fused-ring (bicyclic) bond motifs is 3. The first-order valence-corrected chi connectivity index (χ1v) is 12.3. The first-order chi connectivity index (χ1) is 14.5. The monoisotopic (exact) mass is 439 g/mol. The van der Waals surface area contributed by atoms with Crippen molar-refractivity contribution < 1.29 is 4.79 Å². The summed E-state index contributed by atoms with van der Waals surface area (Å²) in [5.41, 5.74) is 3.13. The molecule has 0 saturated carbocycles. The smallest absolute Gasteiger partial charge is 0.267 e. The third-order valence-electron chi connectivity index (χ3n) is 6.05. The maximum absolute atomic E-state index is 13.7. The molecule has 0 radical (unpaired) electrons. The van der Waals surface area contributed by atoms with Crippen LogP contribution in [0.15, 0.2) is 34.2 Å². The SMILES string of the molecule is Cc1ccc(-n2c(SC(C)C(=O)N3CCCC3)nc3sc4c(c3c2=O)CCC4)cc1. The van der Waals surface area contributed by atoms with Gasteiger partial charge in [-0.2, -0.15) is 0 Å². The van der Waals surface area contributed by atoms with Gasteiger partial charge in [0.15, 0.2) is 5.16 Å². The van der Waals surface area contributed by atoms with E-state index >= 15 is 0 Å². The average molecular weight is 440 g/mol. The van der Waals surface area contributed by atoms with Crippen LogP contribution in [0.25, 0.3) is 15.9 Å². The van der Waals surface area contributed by atoms with Gasteiger partial charge in [-0.3, -0.25) is 14.2 Å². The molecule has 3 aromatic rings. The van der Waals surface area contributed by atoms with Gasteiger partial charge < -0.3 is 4.90 Å². The molecule has 1 amide bonds. The molecule has 1 saturated heterocycles. The molecule has 0 spiro atoms. The molecule has 1 aliphatic carbocycles. The highest BCUT2D eigenvalue weighted by Crippen LogP contribution is 2.36. The third-order valence-corrected chi connectivity index (χ3v) is 8.27. The number of rotatable bonds is 4. The molecule has 156 valence electrons. The Morgan fingerprint density at radius 1 is 1.13 bits per heavy atom. The van der Waals surface area contributed by atoms with Crippen LogP contribution in [0.5, 0.6) is 0 Å². The Morgan fingerprint density at radius 3 is 2.60 bits per heavy atom. The van der Waals surface area contributed by atoms with E-state index < -0.39 is 0 Å². The minimum atomic E-state index is -0.282. The summed E-state index contributed by atoms with van der Waals surface area (Å²) >= 11 is 3.05. The molecule has 0 bridgehead atoms. The molecule has 1 aromatic carbocycles.